The van der Waals surface area contributed by atoms with Crippen molar-refractivity contribution < 1.29 is 5.11 Å². The van der Waals surface area contributed by atoms with Crippen LogP contribution in [0.5, 0.6) is 0 Å². The van der Waals surface area contributed by atoms with Crippen LogP contribution in [0.4, 0.5) is 11.4 Å². The molecule has 1 N–H and O–H groups in total. The predicted octanol–water partition coefficient (Wildman–Crippen LogP) is 9.18. The van der Waals surface area contributed by atoms with Gasteiger partial charge >= 0.3 is 0 Å². The van der Waals surface area contributed by atoms with Crippen molar-refractivity contribution in [3.8, 4) is 0 Å². The number of rotatable bonds is 12. The van der Waals surface area contributed by atoms with Crippen LogP contribution >= 0.6 is 0 Å². The molecule has 0 saturated heterocycles. The van der Waals surface area contributed by atoms with Crippen LogP contribution in [0.25, 0.3) is 0 Å². The molecule has 0 bridgehead atoms. The Morgan fingerprint density at radius 3 is 0.841 bits per heavy atom. The maximum absolute atomic E-state index is 11.4. The van der Waals surface area contributed by atoms with Crippen molar-refractivity contribution >= 4 is 11.4 Å². The van der Waals surface area contributed by atoms with Gasteiger partial charge in [-0.2, -0.15) is 0 Å². The van der Waals surface area contributed by atoms with E-state index in [2.05, 4.69) is 155 Å². The summed E-state index contributed by atoms with van der Waals surface area (Å²) in [6.07, 6.45) is -0.702. The largest absolute Gasteiger partial charge is 0.384 e. The van der Waals surface area contributed by atoms with Gasteiger partial charge in [-0.25, -0.2) is 0 Å². The van der Waals surface area contributed by atoms with Crippen molar-refractivity contribution in [3.63, 3.8) is 0 Å². The van der Waals surface area contributed by atoms with Crippen LogP contribution in [-0.4, -0.2) is 5.11 Å². The molecule has 0 aliphatic carbocycles. The van der Waals surface area contributed by atoms with Crippen molar-refractivity contribution in [2.24, 2.45) is 0 Å². The molecule has 0 unspecified atom stereocenters. The van der Waals surface area contributed by atoms with E-state index in [0.717, 1.165) is 48.7 Å². The molecule has 6 aromatic rings. The number of hydrogen-bond donors (Lipinski definition) is 1. The Balaban J connectivity index is 1.19. The first-order valence-electron chi connectivity index (χ1n) is 15.2. The maximum Gasteiger partial charge on any atom is 0.104 e. The average Bonchev–Trinajstić information content (AvgIpc) is 3.09. The van der Waals surface area contributed by atoms with Crippen molar-refractivity contribution in [3.05, 3.63) is 203 Å². The second-order valence-corrected chi connectivity index (χ2v) is 11.2. The standard InChI is InChI=1S/C41H38N2O/c44-41(37-21-25-39(26-22-37)42(29-33-13-5-1-6-14-33)30-34-15-7-2-8-16-34)38-23-27-40(28-24-38)43(31-35-17-9-3-10-18-35)32-36-19-11-4-12-20-36/h1-28,41,44H,29-32H2. The number of aliphatic hydroxyl groups is 1. The Morgan fingerprint density at radius 2 is 0.591 bits per heavy atom. The first kappa shape index (κ1) is 29.0. The molecule has 0 heterocycles. The minimum Gasteiger partial charge on any atom is -0.384 e. The normalized spacial score (nSPS) is 11.0. The Labute approximate surface area is 261 Å². The molecule has 3 nitrogen and oxygen atoms in total. The summed E-state index contributed by atoms with van der Waals surface area (Å²) in [4.78, 5) is 4.76. The van der Waals surface area contributed by atoms with Gasteiger partial charge in [0.2, 0.25) is 0 Å². The molecule has 6 rings (SSSR count). The summed E-state index contributed by atoms with van der Waals surface area (Å²) in [5.41, 5.74) is 9.07. The third-order valence-corrected chi connectivity index (χ3v) is 8.01. The van der Waals surface area contributed by atoms with Gasteiger partial charge in [0, 0.05) is 37.6 Å². The lowest BCUT2D eigenvalue weighted by Crippen LogP contribution is -2.22. The van der Waals surface area contributed by atoms with Crippen LogP contribution in [0.15, 0.2) is 170 Å². The van der Waals surface area contributed by atoms with E-state index in [4.69, 9.17) is 0 Å². The second-order valence-electron chi connectivity index (χ2n) is 11.2. The zero-order valence-electron chi connectivity index (χ0n) is 24.9. The van der Waals surface area contributed by atoms with E-state index >= 15 is 0 Å². The van der Waals surface area contributed by atoms with Gasteiger partial charge in [-0.1, -0.05) is 146 Å². The van der Waals surface area contributed by atoms with Crippen LogP contribution in [0.1, 0.15) is 39.5 Å². The van der Waals surface area contributed by atoms with Gasteiger partial charge in [0.1, 0.15) is 6.10 Å². The molecule has 0 saturated carbocycles. The summed E-state index contributed by atoms with van der Waals surface area (Å²) in [7, 11) is 0. The van der Waals surface area contributed by atoms with Crippen molar-refractivity contribution in [2.45, 2.75) is 32.3 Å². The van der Waals surface area contributed by atoms with Gasteiger partial charge in [-0.3, -0.25) is 0 Å². The number of anilines is 2. The van der Waals surface area contributed by atoms with E-state index in [9.17, 15) is 5.11 Å². The second kappa shape index (κ2) is 14.4. The van der Waals surface area contributed by atoms with Crippen molar-refractivity contribution in [2.75, 3.05) is 9.80 Å². The molecule has 0 aliphatic rings. The topological polar surface area (TPSA) is 26.7 Å². The van der Waals surface area contributed by atoms with Gasteiger partial charge < -0.3 is 14.9 Å². The molecule has 0 amide bonds. The zero-order valence-corrected chi connectivity index (χ0v) is 24.9. The highest BCUT2D eigenvalue weighted by Gasteiger charge is 2.15. The first-order chi connectivity index (χ1) is 21.7. The summed E-state index contributed by atoms with van der Waals surface area (Å²) < 4.78 is 0. The molecule has 0 aromatic heterocycles. The Morgan fingerprint density at radius 1 is 0.341 bits per heavy atom. The lowest BCUT2D eigenvalue weighted by Gasteiger charge is -2.26. The summed E-state index contributed by atoms with van der Waals surface area (Å²) in [5, 5.41) is 11.4. The predicted molar refractivity (Wildman–Crippen MR) is 182 cm³/mol. The minimum absolute atomic E-state index is 0.702. The van der Waals surface area contributed by atoms with Crippen LogP contribution in [0.2, 0.25) is 0 Å². The fourth-order valence-electron chi connectivity index (χ4n) is 5.62. The summed E-state index contributed by atoms with van der Waals surface area (Å²) in [6.45, 7) is 3.23. The smallest absolute Gasteiger partial charge is 0.104 e. The third-order valence-electron chi connectivity index (χ3n) is 8.01. The summed E-state index contributed by atoms with van der Waals surface area (Å²) in [5.74, 6) is 0. The summed E-state index contributed by atoms with van der Waals surface area (Å²) in [6, 6.07) is 58.9. The van der Waals surface area contributed by atoms with Crippen LogP contribution in [0, 0.1) is 0 Å². The van der Waals surface area contributed by atoms with E-state index in [1.165, 1.54) is 22.3 Å². The molecule has 218 valence electrons. The van der Waals surface area contributed by atoms with Crippen molar-refractivity contribution in [1.82, 2.24) is 0 Å². The third kappa shape index (κ3) is 7.63. The van der Waals surface area contributed by atoms with E-state index in [1.54, 1.807) is 0 Å². The Kier molecular flexibility index (Phi) is 9.46. The molecular formula is C41H38N2O. The number of benzene rings is 6. The van der Waals surface area contributed by atoms with E-state index in [0.29, 0.717) is 0 Å². The van der Waals surface area contributed by atoms with E-state index in [1.807, 2.05) is 24.3 Å². The highest BCUT2D eigenvalue weighted by molar-refractivity contribution is 5.52. The quantitative estimate of drug-likeness (QED) is 0.158. The number of nitrogens with zero attached hydrogens (tertiary/aromatic N) is 2. The number of aliphatic hydroxyl groups excluding tert-OH is 1. The van der Waals surface area contributed by atoms with E-state index < -0.39 is 6.10 Å². The van der Waals surface area contributed by atoms with Gasteiger partial charge in [-0.15, -0.1) is 0 Å². The SMILES string of the molecule is OC(c1ccc(N(Cc2ccccc2)Cc2ccccc2)cc1)c1ccc(N(Cc2ccccc2)Cc2ccccc2)cc1. The monoisotopic (exact) mass is 574 g/mol. The van der Waals surface area contributed by atoms with Crippen LogP contribution < -0.4 is 9.80 Å². The molecule has 0 atom stereocenters. The van der Waals surface area contributed by atoms with Gasteiger partial charge in [0.15, 0.2) is 0 Å². The molecular weight excluding hydrogens is 536 g/mol. The van der Waals surface area contributed by atoms with Crippen molar-refractivity contribution in [1.29, 1.82) is 0 Å². The fourth-order valence-corrected chi connectivity index (χ4v) is 5.62. The molecule has 0 radical (unpaired) electrons. The van der Waals surface area contributed by atoms with E-state index in [-0.39, 0.29) is 0 Å². The fraction of sp³-hybridized carbons (Fsp3) is 0.122. The Hall–Kier alpha value is -5.12. The highest BCUT2D eigenvalue weighted by atomic mass is 16.3. The zero-order chi connectivity index (χ0) is 30.0. The minimum atomic E-state index is -0.702. The van der Waals surface area contributed by atoms with Gasteiger partial charge in [0.25, 0.3) is 0 Å². The molecule has 0 spiro atoms. The van der Waals surface area contributed by atoms with Gasteiger partial charge in [-0.05, 0) is 57.6 Å². The number of hydrogen-bond acceptors (Lipinski definition) is 3. The lowest BCUT2D eigenvalue weighted by molar-refractivity contribution is 0.220. The lowest BCUT2D eigenvalue weighted by atomic mass is 10.0. The average molecular weight is 575 g/mol. The molecule has 0 fully saturated rings. The molecule has 0 aliphatic heterocycles. The molecule has 6 aromatic carbocycles. The molecule has 3 heteroatoms. The Bertz CT molecular complexity index is 1480. The summed E-state index contributed by atoms with van der Waals surface area (Å²) >= 11 is 0. The maximum atomic E-state index is 11.4. The highest BCUT2D eigenvalue weighted by Crippen LogP contribution is 2.29. The van der Waals surface area contributed by atoms with Crippen LogP contribution in [-0.2, 0) is 26.2 Å². The van der Waals surface area contributed by atoms with Gasteiger partial charge in [0.05, 0.1) is 0 Å². The first-order valence-corrected chi connectivity index (χ1v) is 15.2. The molecule has 44 heavy (non-hydrogen) atoms. The van der Waals surface area contributed by atoms with Crippen LogP contribution in [0.3, 0.4) is 0 Å².